The van der Waals surface area contributed by atoms with Gasteiger partial charge >= 0.3 is 5.97 Å². The van der Waals surface area contributed by atoms with Crippen LogP contribution < -0.4 is 0 Å². The van der Waals surface area contributed by atoms with Crippen molar-refractivity contribution in [2.24, 2.45) is 11.8 Å². The van der Waals surface area contributed by atoms with Crippen LogP contribution in [0, 0.1) is 11.8 Å². The molecule has 0 bridgehead atoms. The van der Waals surface area contributed by atoms with Crippen molar-refractivity contribution < 1.29 is 17.9 Å². The maximum Gasteiger partial charge on any atom is 0.310 e. The van der Waals surface area contributed by atoms with Gasteiger partial charge in [0.05, 0.1) is 12.5 Å². The van der Waals surface area contributed by atoms with Gasteiger partial charge in [-0.05, 0) is 38.5 Å². The van der Waals surface area contributed by atoms with Gasteiger partial charge in [0.15, 0.2) is 0 Å². The normalized spacial score (nSPS) is 29.2. The number of nitrogens with zero attached hydrogens (tertiary/aromatic N) is 2. The Labute approximate surface area is 127 Å². The molecule has 0 radical (unpaired) electrons. The Morgan fingerprint density at radius 3 is 2.38 bits per heavy atom. The van der Waals surface area contributed by atoms with E-state index in [1.165, 1.54) is 4.31 Å². The number of ether oxygens (including phenoxy) is 1. The van der Waals surface area contributed by atoms with Crippen molar-refractivity contribution in [2.75, 3.05) is 32.8 Å². The van der Waals surface area contributed by atoms with E-state index in [-0.39, 0.29) is 18.4 Å². The summed E-state index contributed by atoms with van der Waals surface area (Å²) in [4.78, 5) is 11.8. The van der Waals surface area contributed by atoms with Gasteiger partial charge in [-0.2, -0.15) is 17.0 Å². The fourth-order valence-corrected chi connectivity index (χ4v) is 4.98. The summed E-state index contributed by atoms with van der Waals surface area (Å²) in [6.07, 6.45) is 3.42. The summed E-state index contributed by atoms with van der Waals surface area (Å²) in [5, 5.41) is 0. The number of hydrogen-bond acceptors (Lipinski definition) is 4. The molecule has 6 nitrogen and oxygen atoms in total. The number of carbonyl (C=O) groups excluding carboxylic acids is 1. The van der Waals surface area contributed by atoms with Crippen LogP contribution in [0.15, 0.2) is 0 Å². The van der Waals surface area contributed by atoms with Gasteiger partial charge in [0, 0.05) is 26.2 Å². The molecule has 0 aliphatic carbocycles. The summed E-state index contributed by atoms with van der Waals surface area (Å²) in [5.74, 6) is -0.195. The molecule has 2 saturated heterocycles. The number of carbonyl (C=O) groups is 1. The molecule has 2 aliphatic rings. The second-order valence-corrected chi connectivity index (χ2v) is 7.99. The molecule has 2 atom stereocenters. The van der Waals surface area contributed by atoms with Gasteiger partial charge in [-0.3, -0.25) is 4.79 Å². The summed E-state index contributed by atoms with van der Waals surface area (Å²) in [6, 6.07) is 0. The Morgan fingerprint density at radius 2 is 1.76 bits per heavy atom. The minimum absolute atomic E-state index is 0.256. The lowest BCUT2D eigenvalue weighted by atomic mass is 10.0. The average Bonchev–Trinajstić information content (AvgIpc) is 2.47. The minimum atomic E-state index is -3.44. The molecule has 0 amide bonds. The zero-order valence-electron chi connectivity index (χ0n) is 13.0. The quantitative estimate of drug-likeness (QED) is 0.732. The maximum atomic E-state index is 12.7. The lowest BCUT2D eigenvalue weighted by molar-refractivity contribution is -0.149. The summed E-state index contributed by atoms with van der Waals surface area (Å²) in [6.45, 7) is 6.13. The van der Waals surface area contributed by atoms with Crippen LogP contribution in [-0.2, 0) is 19.7 Å². The zero-order chi connectivity index (χ0) is 15.5. The van der Waals surface area contributed by atoms with Crippen LogP contribution >= 0.6 is 0 Å². The summed E-state index contributed by atoms with van der Waals surface area (Å²) >= 11 is 0. The summed E-state index contributed by atoms with van der Waals surface area (Å²) in [7, 11) is -3.44. The van der Waals surface area contributed by atoms with Crippen molar-refractivity contribution in [1.82, 2.24) is 8.61 Å². The van der Waals surface area contributed by atoms with Gasteiger partial charge in [0.2, 0.25) is 0 Å². The average molecular weight is 318 g/mol. The molecule has 7 heteroatoms. The van der Waals surface area contributed by atoms with E-state index < -0.39 is 10.2 Å². The topological polar surface area (TPSA) is 66.9 Å². The maximum absolute atomic E-state index is 12.7. The van der Waals surface area contributed by atoms with Crippen LogP contribution in [0.1, 0.15) is 39.5 Å². The molecule has 21 heavy (non-hydrogen) atoms. The molecule has 2 aliphatic heterocycles. The lowest BCUT2D eigenvalue weighted by Gasteiger charge is -2.37. The molecular formula is C14H26N2O4S. The zero-order valence-corrected chi connectivity index (χ0v) is 13.8. The van der Waals surface area contributed by atoms with Crippen LogP contribution in [0.3, 0.4) is 0 Å². The van der Waals surface area contributed by atoms with Gasteiger partial charge in [-0.1, -0.05) is 6.92 Å². The smallest absolute Gasteiger partial charge is 0.310 e. The molecule has 2 rings (SSSR count). The Kier molecular flexibility index (Phi) is 5.62. The largest absolute Gasteiger partial charge is 0.466 e. The SMILES string of the molecule is CCOC(=O)C1CCCN(S(=O)(=O)N2CCCC(C)C2)C1. The highest BCUT2D eigenvalue weighted by atomic mass is 32.2. The van der Waals surface area contributed by atoms with Crippen LogP contribution in [0.25, 0.3) is 0 Å². The Morgan fingerprint density at radius 1 is 1.14 bits per heavy atom. The Hall–Kier alpha value is -0.660. The first-order valence-electron chi connectivity index (χ1n) is 7.87. The molecule has 0 aromatic heterocycles. The monoisotopic (exact) mass is 318 g/mol. The van der Waals surface area contributed by atoms with E-state index in [9.17, 15) is 13.2 Å². The van der Waals surface area contributed by atoms with Crippen LogP contribution in [0.2, 0.25) is 0 Å². The van der Waals surface area contributed by atoms with E-state index in [1.54, 1.807) is 11.2 Å². The van der Waals surface area contributed by atoms with Gasteiger partial charge < -0.3 is 4.74 Å². The number of hydrogen-bond donors (Lipinski definition) is 0. The van der Waals surface area contributed by atoms with Crippen molar-refractivity contribution in [3.8, 4) is 0 Å². The van der Waals surface area contributed by atoms with E-state index in [2.05, 4.69) is 6.92 Å². The molecule has 2 unspecified atom stereocenters. The predicted molar refractivity (Wildman–Crippen MR) is 79.8 cm³/mol. The van der Waals surface area contributed by atoms with Crippen molar-refractivity contribution in [2.45, 2.75) is 39.5 Å². The lowest BCUT2D eigenvalue weighted by Crippen LogP contribution is -2.51. The molecule has 2 heterocycles. The molecule has 0 spiro atoms. The Balaban J connectivity index is 2.03. The molecule has 0 aromatic carbocycles. The van der Waals surface area contributed by atoms with E-state index in [0.717, 1.165) is 12.8 Å². The highest BCUT2D eigenvalue weighted by Crippen LogP contribution is 2.25. The summed E-state index contributed by atoms with van der Waals surface area (Å²) in [5.41, 5.74) is 0. The third-order valence-corrected chi connectivity index (χ3v) is 6.24. The van der Waals surface area contributed by atoms with E-state index >= 15 is 0 Å². The van der Waals surface area contributed by atoms with Crippen molar-refractivity contribution in [3.05, 3.63) is 0 Å². The van der Waals surface area contributed by atoms with Crippen LogP contribution in [0.4, 0.5) is 0 Å². The third-order valence-electron chi connectivity index (χ3n) is 4.28. The molecule has 0 saturated carbocycles. The van der Waals surface area contributed by atoms with E-state index in [4.69, 9.17) is 4.74 Å². The fourth-order valence-electron chi connectivity index (χ4n) is 3.12. The standard InChI is InChI=1S/C14H26N2O4S/c1-3-20-14(17)13-7-5-9-16(11-13)21(18,19)15-8-4-6-12(2)10-15/h12-13H,3-11H2,1-2H3. The van der Waals surface area contributed by atoms with Crippen LogP contribution in [0.5, 0.6) is 0 Å². The number of rotatable bonds is 4. The second kappa shape index (κ2) is 7.07. The first kappa shape index (κ1) is 16.7. The number of esters is 1. The van der Waals surface area contributed by atoms with Crippen molar-refractivity contribution in [3.63, 3.8) is 0 Å². The van der Waals surface area contributed by atoms with Gasteiger partial charge in [0.25, 0.3) is 10.2 Å². The molecule has 0 aromatic rings. The molecule has 2 fully saturated rings. The Bertz CT molecular complexity index is 466. The molecular weight excluding hydrogens is 292 g/mol. The second-order valence-electron chi connectivity index (χ2n) is 6.06. The highest BCUT2D eigenvalue weighted by molar-refractivity contribution is 7.86. The minimum Gasteiger partial charge on any atom is -0.466 e. The van der Waals surface area contributed by atoms with Gasteiger partial charge in [-0.25, -0.2) is 0 Å². The predicted octanol–water partition coefficient (Wildman–Crippen LogP) is 1.24. The van der Waals surface area contributed by atoms with Crippen molar-refractivity contribution >= 4 is 16.2 Å². The van der Waals surface area contributed by atoms with Crippen LogP contribution in [-0.4, -0.2) is 55.8 Å². The fraction of sp³-hybridized carbons (Fsp3) is 0.929. The number of piperidine rings is 2. The molecule has 122 valence electrons. The molecule has 0 N–H and O–H groups in total. The summed E-state index contributed by atoms with van der Waals surface area (Å²) < 4.78 is 33.5. The van der Waals surface area contributed by atoms with Gasteiger partial charge in [0.1, 0.15) is 0 Å². The highest BCUT2D eigenvalue weighted by Gasteiger charge is 2.37. The first-order chi connectivity index (χ1) is 9.95. The first-order valence-corrected chi connectivity index (χ1v) is 9.26. The van der Waals surface area contributed by atoms with Gasteiger partial charge in [-0.15, -0.1) is 0 Å². The third kappa shape index (κ3) is 3.96. The van der Waals surface area contributed by atoms with E-state index in [1.807, 2.05) is 0 Å². The van der Waals surface area contributed by atoms with Crippen molar-refractivity contribution in [1.29, 1.82) is 0 Å². The van der Waals surface area contributed by atoms with E-state index in [0.29, 0.717) is 45.0 Å².